The quantitative estimate of drug-likeness (QED) is 0.379. The van der Waals surface area contributed by atoms with Gasteiger partial charge in [0.2, 0.25) is 5.91 Å². The fourth-order valence-corrected chi connectivity index (χ4v) is 4.64. The number of ether oxygens (including phenoxy) is 1. The Morgan fingerprint density at radius 2 is 1.46 bits per heavy atom. The second-order valence-electron chi connectivity index (χ2n) is 9.42. The first-order chi connectivity index (χ1) is 16.6. The predicted octanol–water partition coefficient (Wildman–Crippen LogP) is 5.89. The lowest BCUT2D eigenvalue weighted by Crippen LogP contribution is -2.29. The van der Waals surface area contributed by atoms with Gasteiger partial charge in [-0.05, 0) is 74.9 Å². The van der Waals surface area contributed by atoms with Gasteiger partial charge >= 0.3 is 5.97 Å². The largest absolute Gasteiger partial charge is 0.469 e. The highest BCUT2D eigenvalue weighted by atomic mass is 16.5. The van der Waals surface area contributed by atoms with E-state index in [0.29, 0.717) is 18.0 Å². The molecule has 186 valence electrons. The molecule has 2 aromatic carbocycles. The lowest BCUT2D eigenvalue weighted by molar-refractivity contribution is -0.141. The lowest BCUT2D eigenvalue weighted by atomic mass is 9.89. The molecule has 1 atom stereocenters. The Balaban J connectivity index is 1.87. The van der Waals surface area contributed by atoms with Crippen LogP contribution in [0.2, 0.25) is 0 Å². The smallest absolute Gasteiger partial charge is 0.306 e. The van der Waals surface area contributed by atoms with Crippen molar-refractivity contribution in [3.05, 3.63) is 75.0 Å². The van der Waals surface area contributed by atoms with Gasteiger partial charge in [0.25, 0.3) is 0 Å². The molecule has 0 fully saturated rings. The minimum Gasteiger partial charge on any atom is -0.469 e. The number of esters is 1. The van der Waals surface area contributed by atoms with E-state index >= 15 is 0 Å². The number of methoxy groups -OCH3 is 1. The van der Waals surface area contributed by atoms with Crippen LogP contribution in [0.25, 0.3) is 11.3 Å². The molecule has 1 heterocycles. The van der Waals surface area contributed by atoms with Crippen LogP contribution in [-0.2, 0) is 20.9 Å². The van der Waals surface area contributed by atoms with Crippen molar-refractivity contribution in [1.82, 2.24) is 10.1 Å². The van der Waals surface area contributed by atoms with E-state index < -0.39 is 5.92 Å². The molecule has 0 aliphatic heterocycles. The number of benzene rings is 2. The Bertz CT molecular complexity index is 1200. The molecule has 35 heavy (non-hydrogen) atoms. The standard InChI is InChI=1S/C29H36N2O4/c1-17-18(2)20(4)25(21(5)19(17)3)16-31(7)26(32)14-24(15-27(33)34-8)28-22(6)29(35-30-28)23-12-10-9-11-13-23/h9-13,24H,14-16H2,1-8H3. The molecule has 3 aromatic rings. The van der Waals surface area contributed by atoms with Crippen LogP contribution in [0.4, 0.5) is 0 Å². The summed E-state index contributed by atoms with van der Waals surface area (Å²) in [5.41, 5.74) is 9.79. The second kappa shape index (κ2) is 10.9. The van der Waals surface area contributed by atoms with Gasteiger partial charge in [0.05, 0.1) is 19.2 Å². The molecule has 0 spiro atoms. The Morgan fingerprint density at radius 1 is 0.886 bits per heavy atom. The molecule has 6 heteroatoms. The van der Waals surface area contributed by atoms with Gasteiger partial charge < -0.3 is 14.2 Å². The minimum atomic E-state index is -0.442. The van der Waals surface area contributed by atoms with Gasteiger partial charge in [0.15, 0.2) is 5.76 Å². The maximum atomic E-state index is 13.4. The fraction of sp³-hybridized carbons (Fsp3) is 0.414. The van der Waals surface area contributed by atoms with Crippen molar-refractivity contribution in [2.24, 2.45) is 0 Å². The van der Waals surface area contributed by atoms with Crippen molar-refractivity contribution in [3.8, 4) is 11.3 Å². The highest BCUT2D eigenvalue weighted by Crippen LogP contribution is 2.33. The molecule has 0 aliphatic carbocycles. The Kier molecular flexibility index (Phi) is 8.15. The highest BCUT2D eigenvalue weighted by Gasteiger charge is 2.28. The summed E-state index contributed by atoms with van der Waals surface area (Å²) in [6.07, 6.45) is 0.188. The summed E-state index contributed by atoms with van der Waals surface area (Å²) < 4.78 is 10.6. The SMILES string of the molecule is COC(=O)CC(CC(=O)N(C)Cc1c(C)c(C)c(C)c(C)c1C)c1noc(-c2ccccc2)c1C. The van der Waals surface area contributed by atoms with Crippen LogP contribution in [-0.4, -0.2) is 36.1 Å². The predicted molar refractivity (Wildman–Crippen MR) is 137 cm³/mol. The van der Waals surface area contributed by atoms with E-state index in [1.54, 1.807) is 4.90 Å². The first-order valence-electron chi connectivity index (χ1n) is 11.9. The van der Waals surface area contributed by atoms with Crippen molar-refractivity contribution in [3.63, 3.8) is 0 Å². The van der Waals surface area contributed by atoms with E-state index in [4.69, 9.17) is 9.26 Å². The van der Waals surface area contributed by atoms with E-state index in [1.165, 1.54) is 40.5 Å². The molecule has 3 rings (SSSR count). The summed E-state index contributed by atoms with van der Waals surface area (Å²) in [6.45, 7) is 13.1. The van der Waals surface area contributed by atoms with Crippen molar-refractivity contribution in [1.29, 1.82) is 0 Å². The van der Waals surface area contributed by atoms with Gasteiger partial charge in [-0.1, -0.05) is 35.5 Å². The van der Waals surface area contributed by atoms with Gasteiger partial charge in [0.1, 0.15) is 0 Å². The summed E-state index contributed by atoms with van der Waals surface area (Å²) in [5, 5.41) is 4.28. The molecule has 1 aromatic heterocycles. The van der Waals surface area contributed by atoms with Crippen LogP contribution in [0.15, 0.2) is 34.9 Å². The number of nitrogens with zero attached hydrogens (tertiary/aromatic N) is 2. The molecule has 6 nitrogen and oxygen atoms in total. The lowest BCUT2D eigenvalue weighted by Gasteiger charge is -2.25. The number of amides is 1. The normalized spacial score (nSPS) is 11.9. The zero-order valence-electron chi connectivity index (χ0n) is 22.1. The average Bonchev–Trinajstić information content (AvgIpc) is 3.25. The third kappa shape index (κ3) is 5.47. The Morgan fingerprint density at radius 3 is 2.03 bits per heavy atom. The zero-order valence-corrected chi connectivity index (χ0v) is 22.1. The van der Waals surface area contributed by atoms with Gasteiger partial charge in [-0.3, -0.25) is 9.59 Å². The van der Waals surface area contributed by atoms with Gasteiger partial charge in [-0.2, -0.15) is 0 Å². The number of aromatic nitrogens is 1. The molecule has 0 saturated carbocycles. The van der Waals surface area contributed by atoms with Crippen LogP contribution in [0.3, 0.4) is 0 Å². The Hall–Kier alpha value is -3.41. The van der Waals surface area contributed by atoms with Crippen molar-refractivity contribution in [2.45, 2.75) is 66.8 Å². The fourth-order valence-electron chi connectivity index (χ4n) is 4.64. The van der Waals surface area contributed by atoms with Gasteiger partial charge in [0, 0.05) is 37.1 Å². The van der Waals surface area contributed by atoms with Crippen LogP contribution >= 0.6 is 0 Å². The van der Waals surface area contributed by atoms with Crippen molar-refractivity contribution >= 4 is 11.9 Å². The molecular formula is C29H36N2O4. The van der Waals surface area contributed by atoms with Crippen LogP contribution in [0.5, 0.6) is 0 Å². The molecule has 0 bridgehead atoms. The van der Waals surface area contributed by atoms with Crippen molar-refractivity contribution in [2.75, 3.05) is 14.2 Å². The monoisotopic (exact) mass is 476 g/mol. The van der Waals surface area contributed by atoms with Gasteiger partial charge in [-0.25, -0.2) is 0 Å². The summed E-state index contributed by atoms with van der Waals surface area (Å²) in [5.74, 6) is -0.238. The molecule has 1 unspecified atom stereocenters. The molecule has 0 saturated heterocycles. The minimum absolute atomic E-state index is 0.0541. The van der Waals surface area contributed by atoms with Crippen LogP contribution in [0, 0.1) is 41.5 Å². The molecular weight excluding hydrogens is 440 g/mol. The number of hydrogen-bond donors (Lipinski definition) is 0. The van der Waals surface area contributed by atoms with E-state index in [2.05, 4.69) is 39.8 Å². The first-order valence-corrected chi connectivity index (χ1v) is 11.9. The summed E-state index contributed by atoms with van der Waals surface area (Å²) in [7, 11) is 3.16. The summed E-state index contributed by atoms with van der Waals surface area (Å²) in [6, 6.07) is 9.69. The second-order valence-corrected chi connectivity index (χ2v) is 9.42. The van der Waals surface area contributed by atoms with E-state index in [0.717, 1.165) is 11.1 Å². The highest BCUT2D eigenvalue weighted by molar-refractivity contribution is 5.79. The average molecular weight is 477 g/mol. The third-order valence-corrected chi connectivity index (χ3v) is 7.42. The van der Waals surface area contributed by atoms with Gasteiger partial charge in [-0.15, -0.1) is 0 Å². The zero-order chi connectivity index (χ0) is 25.9. The summed E-state index contributed by atoms with van der Waals surface area (Å²) >= 11 is 0. The van der Waals surface area contributed by atoms with E-state index in [9.17, 15) is 9.59 Å². The molecule has 1 amide bonds. The third-order valence-electron chi connectivity index (χ3n) is 7.42. The molecule has 0 radical (unpaired) electrons. The number of hydrogen-bond acceptors (Lipinski definition) is 5. The number of rotatable bonds is 8. The van der Waals surface area contributed by atoms with Crippen LogP contribution in [0.1, 0.15) is 63.4 Å². The first kappa shape index (κ1) is 26.2. The number of carbonyl (C=O) groups is 2. The summed E-state index contributed by atoms with van der Waals surface area (Å²) in [4.78, 5) is 27.3. The topological polar surface area (TPSA) is 72.6 Å². The van der Waals surface area contributed by atoms with Crippen LogP contribution < -0.4 is 0 Å². The number of carbonyl (C=O) groups excluding carboxylic acids is 2. The van der Waals surface area contributed by atoms with E-state index in [-0.39, 0.29) is 24.7 Å². The maximum Gasteiger partial charge on any atom is 0.306 e. The maximum absolute atomic E-state index is 13.4. The molecule has 0 N–H and O–H groups in total. The molecule has 0 aliphatic rings. The van der Waals surface area contributed by atoms with Crippen molar-refractivity contribution < 1.29 is 18.8 Å². The Labute approximate surface area is 208 Å². The van der Waals surface area contributed by atoms with E-state index in [1.807, 2.05) is 44.3 Å².